The number of hydrogen-bond acceptors (Lipinski definition) is 6. The highest BCUT2D eigenvalue weighted by molar-refractivity contribution is 6.30. The highest BCUT2D eigenvalue weighted by Gasteiger charge is 2.28. The minimum atomic E-state index is -1.04. The van der Waals surface area contributed by atoms with Crippen LogP contribution in [0.4, 0.5) is 11.5 Å². The Hall–Kier alpha value is -1.93. The van der Waals surface area contributed by atoms with Gasteiger partial charge in [0.1, 0.15) is 6.10 Å². The Bertz CT molecular complexity index is 558. The molecule has 1 N–H and O–H groups in total. The Morgan fingerprint density at radius 3 is 2.62 bits per heavy atom. The van der Waals surface area contributed by atoms with E-state index in [4.69, 9.17) is 11.6 Å². The summed E-state index contributed by atoms with van der Waals surface area (Å²) in [5.74, 6) is -0.0956. The predicted octanol–water partition coefficient (Wildman–Crippen LogP) is 0.673. The van der Waals surface area contributed by atoms with E-state index in [1.54, 1.807) is 4.90 Å². The molecule has 1 aliphatic heterocycles. The second kappa shape index (κ2) is 6.23. The van der Waals surface area contributed by atoms with E-state index in [0.29, 0.717) is 26.2 Å². The molecule has 0 aliphatic carbocycles. The van der Waals surface area contributed by atoms with Crippen LogP contribution in [-0.4, -0.2) is 58.1 Å². The molecule has 1 aliphatic rings. The lowest BCUT2D eigenvalue weighted by atomic mass is 10.2. The van der Waals surface area contributed by atoms with Gasteiger partial charge in [0.25, 0.3) is 5.91 Å². The van der Waals surface area contributed by atoms with E-state index >= 15 is 0 Å². The number of aromatic nitrogens is 1. The molecular formula is C12H15ClN4O4. The van der Waals surface area contributed by atoms with Gasteiger partial charge in [0.2, 0.25) is 5.82 Å². The normalized spacial score (nSPS) is 16.7. The summed E-state index contributed by atoms with van der Waals surface area (Å²) in [6.07, 6.45) is 0.316. The molecule has 1 saturated heterocycles. The third-order valence-electron chi connectivity index (χ3n) is 3.26. The summed E-state index contributed by atoms with van der Waals surface area (Å²) in [5, 5.41) is 20.5. The van der Waals surface area contributed by atoms with Crippen LogP contribution in [-0.2, 0) is 4.79 Å². The smallest absolute Gasteiger partial charge is 0.313 e. The van der Waals surface area contributed by atoms with Crippen molar-refractivity contribution in [1.29, 1.82) is 0 Å². The Morgan fingerprint density at radius 2 is 2.10 bits per heavy atom. The third-order valence-corrected chi connectivity index (χ3v) is 3.47. The molecule has 0 aromatic carbocycles. The van der Waals surface area contributed by atoms with E-state index in [0.717, 1.165) is 0 Å². The van der Waals surface area contributed by atoms with Crippen molar-refractivity contribution in [3.05, 3.63) is 27.4 Å². The minimum Gasteiger partial charge on any atom is -0.384 e. The van der Waals surface area contributed by atoms with Crippen molar-refractivity contribution in [2.45, 2.75) is 13.0 Å². The SMILES string of the molecule is CC(O)C(=O)N1CCN(c2ncc(Cl)cc2[N+](=O)[O-])CC1. The lowest BCUT2D eigenvalue weighted by molar-refractivity contribution is -0.384. The maximum absolute atomic E-state index is 11.7. The predicted molar refractivity (Wildman–Crippen MR) is 76.4 cm³/mol. The van der Waals surface area contributed by atoms with Crippen LogP contribution in [0.2, 0.25) is 5.02 Å². The zero-order chi connectivity index (χ0) is 15.6. The first kappa shape index (κ1) is 15.5. The second-order valence-corrected chi connectivity index (χ2v) is 5.18. The van der Waals surface area contributed by atoms with Crippen LogP contribution in [0.1, 0.15) is 6.92 Å². The monoisotopic (exact) mass is 314 g/mol. The van der Waals surface area contributed by atoms with E-state index in [1.165, 1.54) is 24.1 Å². The molecule has 8 nitrogen and oxygen atoms in total. The molecule has 21 heavy (non-hydrogen) atoms. The van der Waals surface area contributed by atoms with Crippen LogP contribution in [0.3, 0.4) is 0 Å². The molecule has 2 heterocycles. The van der Waals surface area contributed by atoms with Crippen molar-refractivity contribution >= 4 is 29.0 Å². The molecule has 0 saturated carbocycles. The maximum atomic E-state index is 11.7. The summed E-state index contributed by atoms with van der Waals surface area (Å²) in [5.41, 5.74) is -0.155. The highest BCUT2D eigenvalue weighted by atomic mass is 35.5. The standard InChI is InChI=1S/C12H15ClN4O4/c1-8(18)12(19)16-4-2-15(3-5-16)11-10(17(20)21)6-9(13)7-14-11/h6-8,18H,2-5H2,1H3. The largest absolute Gasteiger partial charge is 0.384 e. The molecule has 0 spiro atoms. The number of carbonyl (C=O) groups excluding carboxylic acids is 1. The van der Waals surface area contributed by atoms with Crippen LogP contribution in [0.15, 0.2) is 12.3 Å². The molecular weight excluding hydrogens is 300 g/mol. The minimum absolute atomic E-state index is 0.155. The fraction of sp³-hybridized carbons (Fsp3) is 0.500. The van der Waals surface area contributed by atoms with Gasteiger partial charge in [0.05, 0.1) is 9.95 Å². The first-order valence-electron chi connectivity index (χ1n) is 6.42. The molecule has 1 unspecified atom stereocenters. The first-order valence-corrected chi connectivity index (χ1v) is 6.79. The van der Waals surface area contributed by atoms with Gasteiger partial charge in [-0.05, 0) is 6.92 Å². The summed E-state index contributed by atoms with van der Waals surface area (Å²) in [4.78, 5) is 29.5. The van der Waals surface area contributed by atoms with Gasteiger partial charge in [-0.3, -0.25) is 14.9 Å². The average molecular weight is 315 g/mol. The molecule has 1 aromatic rings. The van der Waals surface area contributed by atoms with Crippen LogP contribution >= 0.6 is 11.6 Å². The number of hydrogen-bond donors (Lipinski definition) is 1. The first-order chi connectivity index (χ1) is 9.90. The Labute approximate surface area is 126 Å². The van der Waals surface area contributed by atoms with Gasteiger partial charge in [0.15, 0.2) is 0 Å². The van der Waals surface area contributed by atoms with Gasteiger partial charge in [-0.15, -0.1) is 0 Å². The number of carbonyl (C=O) groups is 1. The van der Waals surface area contributed by atoms with E-state index in [9.17, 15) is 20.0 Å². The fourth-order valence-electron chi connectivity index (χ4n) is 2.20. The number of halogens is 1. The van der Waals surface area contributed by atoms with E-state index in [2.05, 4.69) is 4.98 Å². The molecule has 0 radical (unpaired) electrons. The second-order valence-electron chi connectivity index (χ2n) is 4.74. The lowest BCUT2D eigenvalue weighted by Crippen LogP contribution is -2.51. The van der Waals surface area contributed by atoms with Crippen molar-refractivity contribution in [3.8, 4) is 0 Å². The van der Waals surface area contributed by atoms with Crippen molar-refractivity contribution < 1.29 is 14.8 Å². The molecule has 0 bridgehead atoms. The Kier molecular flexibility index (Phi) is 4.59. The number of piperazine rings is 1. The van der Waals surface area contributed by atoms with Crippen LogP contribution in [0, 0.1) is 10.1 Å². The summed E-state index contributed by atoms with van der Waals surface area (Å²) in [7, 11) is 0. The Balaban J connectivity index is 2.13. The quantitative estimate of drug-likeness (QED) is 0.650. The van der Waals surface area contributed by atoms with Gasteiger partial charge in [-0.25, -0.2) is 4.98 Å². The van der Waals surface area contributed by atoms with E-state index < -0.39 is 11.0 Å². The van der Waals surface area contributed by atoms with Crippen LogP contribution in [0.5, 0.6) is 0 Å². The van der Waals surface area contributed by atoms with Crippen LogP contribution in [0.25, 0.3) is 0 Å². The third kappa shape index (κ3) is 3.40. The van der Waals surface area contributed by atoms with Gasteiger partial charge in [-0.2, -0.15) is 0 Å². The number of rotatable bonds is 3. The number of pyridine rings is 1. The molecule has 1 fully saturated rings. The van der Waals surface area contributed by atoms with Gasteiger partial charge >= 0.3 is 5.69 Å². The zero-order valence-electron chi connectivity index (χ0n) is 11.4. The summed E-state index contributed by atoms with van der Waals surface area (Å²) in [6.45, 7) is 3.00. The number of aliphatic hydroxyl groups excluding tert-OH is 1. The van der Waals surface area contributed by atoms with Crippen molar-refractivity contribution in [2.75, 3.05) is 31.1 Å². The molecule has 114 valence electrons. The lowest BCUT2D eigenvalue weighted by Gasteiger charge is -2.35. The molecule has 1 amide bonds. The van der Waals surface area contributed by atoms with Gasteiger partial charge < -0.3 is 14.9 Å². The van der Waals surface area contributed by atoms with Crippen molar-refractivity contribution in [1.82, 2.24) is 9.88 Å². The van der Waals surface area contributed by atoms with Crippen molar-refractivity contribution in [3.63, 3.8) is 0 Å². The van der Waals surface area contributed by atoms with Gasteiger partial charge in [-0.1, -0.05) is 11.6 Å². The fourth-order valence-corrected chi connectivity index (χ4v) is 2.35. The summed E-state index contributed by atoms with van der Waals surface area (Å²) >= 11 is 5.73. The Morgan fingerprint density at radius 1 is 1.48 bits per heavy atom. The average Bonchev–Trinajstić information content (AvgIpc) is 2.46. The highest BCUT2D eigenvalue weighted by Crippen LogP contribution is 2.29. The number of nitrogens with zero attached hydrogens (tertiary/aromatic N) is 4. The molecule has 1 aromatic heterocycles. The van der Waals surface area contributed by atoms with Crippen LogP contribution < -0.4 is 4.90 Å². The molecule has 9 heteroatoms. The molecule has 2 rings (SSSR count). The number of amides is 1. The summed E-state index contributed by atoms with van der Waals surface area (Å²) < 4.78 is 0. The summed E-state index contributed by atoms with van der Waals surface area (Å²) in [6, 6.07) is 1.26. The van der Waals surface area contributed by atoms with E-state index in [-0.39, 0.29) is 22.4 Å². The van der Waals surface area contributed by atoms with Crippen molar-refractivity contribution in [2.24, 2.45) is 0 Å². The number of nitro groups is 1. The number of aliphatic hydroxyl groups is 1. The van der Waals surface area contributed by atoms with E-state index in [1.807, 2.05) is 0 Å². The number of anilines is 1. The topological polar surface area (TPSA) is 99.8 Å². The zero-order valence-corrected chi connectivity index (χ0v) is 12.2. The molecule has 1 atom stereocenters. The van der Waals surface area contributed by atoms with Gasteiger partial charge in [0, 0.05) is 38.4 Å². The maximum Gasteiger partial charge on any atom is 0.313 e.